The molecular weight excluding hydrogens is 326 g/mol. The minimum absolute atomic E-state index is 0.284. The van der Waals surface area contributed by atoms with Gasteiger partial charge in [-0.05, 0) is 48.4 Å². The molecule has 0 aliphatic heterocycles. The van der Waals surface area contributed by atoms with Crippen LogP contribution in [0, 0.1) is 0 Å². The average Bonchev–Trinajstić information content (AvgIpc) is 2.69. The Morgan fingerprint density at radius 2 is 1.88 bits per heavy atom. The second-order valence-corrected chi connectivity index (χ2v) is 6.13. The van der Waals surface area contributed by atoms with E-state index in [4.69, 9.17) is 4.74 Å². The average molecular weight is 353 g/mol. The van der Waals surface area contributed by atoms with Gasteiger partial charge in [-0.25, -0.2) is 5.43 Å². The number of pyridine rings is 1. The van der Waals surface area contributed by atoms with Gasteiger partial charge in [-0.2, -0.15) is 5.10 Å². The largest absolute Gasteiger partial charge is 0.494 e. The van der Waals surface area contributed by atoms with Crippen LogP contribution in [0.3, 0.4) is 0 Å². The molecule has 2 aromatic rings. The van der Waals surface area contributed by atoms with Gasteiger partial charge < -0.3 is 4.74 Å². The number of ether oxygens (including phenoxy) is 1. The highest BCUT2D eigenvalue weighted by atomic mass is 16.5. The van der Waals surface area contributed by atoms with Crippen LogP contribution < -0.4 is 10.2 Å². The number of benzene rings is 1. The fourth-order valence-electron chi connectivity index (χ4n) is 2.45. The first kappa shape index (κ1) is 19.6. The van der Waals surface area contributed by atoms with E-state index in [0.717, 1.165) is 24.3 Å². The summed E-state index contributed by atoms with van der Waals surface area (Å²) in [4.78, 5) is 15.7. The highest BCUT2D eigenvalue weighted by molar-refractivity contribution is 5.94. The Hall–Kier alpha value is -2.69. The summed E-state index contributed by atoms with van der Waals surface area (Å²) >= 11 is 0. The van der Waals surface area contributed by atoms with Gasteiger partial charge >= 0.3 is 0 Å². The van der Waals surface area contributed by atoms with E-state index in [-0.39, 0.29) is 5.91 Å². The number of unbranched alkanes of at least 4 members (excludes halogenated alkanes) is 5. The molecule has 1 aromatic carbocycles. The number of amides is 1. The van der Waals surface area contributed by atoms with Crippen molar-refractivity contribution in [1.29, 1.82) is 0 Å². The zero-order chi connectivity index (χ0) is 18.5. The normalized spacial score (nSPS) is 10.8. The van der Waals surface area contributed by atoms with Crippen LogP contribution in [0.4, 0.5) is 0 Å². The molecule has 138 valence electrons. The summed E-state index contributed by atoms with van der Waals surface area (Å²) in [6, 6.07) is 11.1. The van der Waals surface area contributed by atoms with Gasteiger partial charge in [-0.15, -0.1) is 0 Å². The first-order chi connectivity index (χ1) is 12.8. The van der Waals surface area contributed by atoms with Gasteiger partial charge in [-0.1, -0.05) is 39.0 Å². The molecule has 0 unspecified atom stereocenters. The van der Waals surface area contributed by atoms with Crippen LogP contribution in [-0.4, -0.2) is 23.7 Å². The molecule has 0 aliphatic rings. The number of aromatic nitrogens is 1. The second kappa shape index (κ2) is 11.8. The van der Waals surface area contributed by atoms with Crippen molar-refractivity contribution in [3.63, 3.8) is 0 Å². The van der Waals surface area contributed by atoms with Crippen LogP contribution in [-0.2, 0) is 0 Å². The van der Waals surface area contributed by atoms with E-state index >= 15 is 0 Å². The molecule has 0 fully saturated rings. The molecule has 5 heteroatoms. The number of nitrogens with zero attached hydrogens (tertiary/aromatic N) is 2. The molecule has 1 heterocycles. The van der Waals surface area contributed by atoms with E-state index in [1.54, 1.807) is 24.5 Å². The molecular formula is C21H27N3O2. The van der Waals surface area contributed by atoms with Crippen molar-refractivity contribution in [3.8, 4) is 5.75 Å². The predicted molar refractivity (Wildman–Crippen MR) is 105 cm³/mol. The van der Waals surface area contributed by atoms with Crippen molar-refractivity contribution in [1.82, 2.24) is 10.4 Å². The lowest BCUT2D eigenvalue weighted by Gasteiger charge is -2.06. The number of hydrogen-bond donors (Lipinski definition) is 1. The molecule has 1 aromatic heterocycles. The maximum absolute atomic E-state index is 11.8. The van der Waals surface area contributed by atoms with Crippen LogP contribution in [0.2, 0.25) is 0 Å². The minimum Gasteiger partial charge on any atom is -0.494 e. The highest BCUT2D eigenvalue weighted by Gasteiger charge is 2.02. The van der Waals surface area contributed by atoms with E-state index < -0.39 is 0 Å². The minimum atomic E-state index is -0.284. The number of hydrogen-bond acceptors (Lipinski definition) is 4. The zero-order valence-corrected chi connectivity index (χ0v) is 15.4. The van der Waals surface area contributed by atoms with Gasteiger partial charge in [0.1, 0.15) is 5.75 Å². The van der Waals surface area contributed by atoms with Gasteiger partial charge in [-0.3, -0.25) is 9.78 Å². The third-order valence-electron chi connectivity index (χ3n) is 3.95. The molecule has 2 rings (SSSR count). The summed E-state index contributed by atoms with van der Waals surface area (Å²) in [7, 11) is 0. The highest BCUT2D eigenvalue weighted by Crippen LogP contribution is 2.12. The standard InChI is InChI=1S/C21H27N3O2/c1-2-3-4-5-6-7-15-26-20-12-10-18(11-13-20)16-23-24-21(25)19-9-8-14-22-17-19/h8-14,16-17H,2-7,15H2,1H3,(H,24,25). The Bertz CT molecular complexity index is 669. The molecule has 0 saturated heterocycles. The van der Waals surface area contributed by atoms with Crippen molar-refractivity contribution < 1.29 is 9.53 Å². The Labute approximate surface area is 155 Å². The topological polar surface area (TPSA) is 63.6 Å². The number of rotatable bonds is 11. The first-order valence-electron chi connectivity index (χ1n) is 9.26. The number of carbonyl (C=O) groups excluding carboxylic acids is 1. The van der Waals surface area contributed by atoms with E-state index in [2.05, 4.69) is 22.4 Å². The van der Waals surface area contributed by atoms with Crippen LogP contribution in [0.1, 0.15) is 61.4 Å². The zero-order valence-electron chi connectivity index (χ0n) is 15.4. The van der Waals surface area contributed by atoms with Gasteiger partial charge in [0.05, 0.1) is 18.4 Å². The van der Waals surface area contributed by atoms with E-state index in [1.165, 1.54) is 38.3 Å². The van der Waals surface area contributed by atoms with Gasteiger partial charge in [0.15, 0.2) is 0 Å². The summed E-state index contributed by atoms with van der Waals surface area (Å²) < 4.78 is 5.75. The quantitative estimate of drug-likeness (QED) is 0.365. The third kappa shape index (κ3) is 7.47. The van der Waals surface area contributed by atoms with Crippen molar-refractivity contribution in [3.05, 3.63) is 59.9 Å². The SMILES string of the molecule is CCCCCCCCOc1ccc(C=NNC(=O)c2cccnc2)cc1. The van der Waals surface area contributed by atoms with Gasteiger partial charge in [0.25, 0.3) is 5.91 Å². The fraction of sp³-hybridized carbons (Fsp3) is 0.381. The second-order valence-electron chi connectivity index (χ2n) is 6.13. The monoisotopic (exact) mass is 353 g/mol. The molecule has 0 radical (unpaired) electrons. The maximum atomic E-state index is 11.8. The summed E-state index contributed by atoms with van der Waals surface area (Å²) in [6.07, 6.45) is 12.3. The Morgan fingerprint density at radius 3 is 2.62 bits per heavy atom. The van der Waals surface area contributed by atoms with Gasteiger partial charge in [0, 0.05) is 12.4 Å². The summed E-state index contributed by atoms with van der Waals surface area (Å²) in [5.74, 6) is 0.573. The third-order valence-corrected chi connectivity index (χ3v) is 3.95. The van der Waals surface area contributed by atoms with E-state index in [1.807, 2.05) is 24.3 Å². The molecule has 0 bridgehead atoms. The predicted octanol–water partition coefficient (Wildman–Crippen LogP) is 4.58. The number of nitrogens with one attached hydrogen (secondary N) is 1. The summed E-state index contributed by atoms with van der Waals surface area (Å²) in [6.45, 7) is 2.98. The summed E-state index contributed by atoms with van der Waals surface area (Å²) in [5, 5.41) is 3.97. The molecule has 0 aliphatic carbocycles. The lowest BCUT2D eigenvalue weighted by Crippen LogP contribution is -2.17. The Balaban J connectivity index is 1.67. The van der Waals surface area contributed by atoms with Crippen molar-refractivity contribution in [2.45, 2.75) is 45.4 Å². The number of hydrazone groups is 1. The van der Waals surface area contributed by atoms with E-state index in [0.29, 0.717) is 5.56 Å². The lowest BCUT2D eigenvalue weighted by atomic mass is 10.1. The van der Waals surface area contributed by atoms with Crippen molar-refractivity contribution >= 4 is 12.1 Å². The Kier molecular flexibility index (Phi) is 8.90. The summed E-state index contributed by atoms with van der Waals surface area (Å²) in [5.41, 5.74) is 3.85. The Morgan fingerprint density at radius 1 is 1.12 bits per heavy atom. The van der Waals surface area contributed by atoms with Crippen molar-refractivity contribution in [2.24, 2.45) is 5.10 Å². The first-order valence-corrected chi connectivity index (χ1v) is 9.26. The molecule has 0 spiro atoms. The van der Waals surface area contributed by atoms with Crippen molar-refractivity contribution in [2.75, 3.05) is 6.61 Å². The van der Waals surface area contributed by atoms with Crippen LogP contribution in [0.25, 0.3) is 0 Å². The van der Waals surface area contributed by atoms with E-state index in [9.17, 15) is 4.79 Å². The fourth-order valence-corrected chi connectivity index (χ4v) is 2.45. The molecule has 26 heavy (non-hydrogen) atoms. The molecule has 1 amide bonds. The number of carbonyl (C=O) groups is 1. The van der Waals surface area contributed by atoms with Crippen LogP contribution in [0.15, 0.2) is 53.9 Å². The van der Waals surface area contributed by atoms with Crippen LogP contribution >= 0.6 is 0 Å². The molecule has 0 atom stereocenters. The smallest absolute Gasteiger partial charge is 0.272 e. The molecule has 5 nitrogen and oxygen atoms in total. The van der Waals surface area contributed by atoms with Gasteiger partial charge in [0.2, 0.25) is 0 Å². The molecule has 0 saturated carbocycles. The molecule has 1 N–H and O–H groups in total. The lowest BCUT2D eigenvalue weighted by molar-refractivity contribution is 0.0955. The van der Waals surface area contributed by atoms with Crippen LogP contribution in [0.5, 0.6) is 5.75 Å². The maximum Gasteiger partial charge on any atom is 0.272 e.